The van der Waals surface area contributed by atoms with E-state index in [1.54, 1.807) is 0 Å². The molecule has 2 saturated heterocycles. The Labute approximate surface area is 122 Å². The van der Waals surface area contributed by atoms with Gasteiger partial charge in [0.2, 0.25) is 0 Å². The minimum Gasteiger partial charge on any atom is -0.378 e. The molecule has 20 heavy (non-hydrogen) atoms. The van der Waals surface area contributed by atoms with Crippen LogP contribution in [0.4, 0.5) is 5.82 Å². The number of pyridine rings is 1. The maximum atomic E-state index is 5.30. The molecule has 0 aromatic carbocycles. The lowest BCUT2D eigenvalue weighted by Crippen LogP contribution is -2.60. The maximum absolute atomic E-state index is 5.30. The summed E-state index contributed by atoms with van der Waals surface area (Å²) < 4.78 is 5.30. The second-order valence-corrected chi connectivity index (χ2v) is 5.42. The molecule has 112 valence electrons. The summed E-state index contributed by atoms with van der Waals surface area (Å²) in [5.74, 6) is 1.12. The number of rotatable bonds is 2. The van der Waals surface area contributed by atoms with Gasteiger partial charge in [-0.05, 0) is 31.5 Å². The zero-order valence-corrected chi connectivity index (χ0v) is 13.2. The minimum atomic E-state index is 0.579. The average Bonchev–Trinajstić information content (AvgIpc) is 2.41. The highest BCUT2D eigenvalue weighted by Gasteiger charge is 2.33. The normalized spacial score (nSPS) is 23.8. The molecule has 3 heterocycles. The SMILES string of the molecule is CC.Cc1ccnc(N2CCN(C3COC3)[C@@H](C)C2)c1. The lowest BCUT2D eigenvalue weighted by molar-refractivity contribution is -0.0793. The molecular formula is C16H27N3O. The van der Waals surface area contributed by atoms with E-state index in [1.807, 2.05) is 20.0 Å². The van der Waals surface area contributed by atoms with Crippen molar-refractivity contribution in [2.24, 2.45) is 0 Å². The molecule has 4 heteroatoms. The fraction of sp³-hybridized carbons (Fsp3) is 0.688. The van der Waals surface area contributed by atoms with Crippen molar-refractivity contribution in [2.45, 2.75) is 39.8 Å². The Morgan fingerprint density at radius 1 is 1.25 bits per heavy atom. The molecule has 0 unspecified atom stereocenters. The van der Waals surface area contributed by atoms with Crippen LogP contribution >= 0.6 is 0 Å². The van der Waals surface area contributed by atoms with Crippen LogP contribution in [0.3, 0.4) is 0 Å². The number of hydrogen-bond donors (Lipinski definition) is 0. The number of aryl methyl sites for hydroxylation is 1. The molecule has 4 nitrogen and oxygen atoms in total. The average molecular weight is 277 g/mol. The maximum Gasteiger partial charge on any atom is 0.128 e. The van der Waals surface area contributed by atoms with Gasteiger partial charge in [0.1, 0.15) is 5.82 Å². The van der Waals surface area contributed by atoms with Gasteiger partial charge in [-0.1, -0.05) is 13.8 Å². The van der Waals surface area contributed by atoms with Crippen LogP contribution in [0.5, 0.6) is 0 Å². The molecule has 0 bridgehead atoms. The van der Waals surface area contributed by atoms with Crippen molar-refractivity contribution in [3.05, 3.63) is 23.9 Å². The minimum absolute atomic E-state index is 0.579. The van der Waals surface area contributed by atoms with Crippen molar-refractivity contribution < 1.29 is 4.74 Å². The van der Waals surface area contributed by atoms with Gasteiger partial charge >= 0.3 is 0 Å². The molecule has 0 spiro atoms. The van der Waals surface area contributed by atoms with Crippen LogP contribution in [0.1, 0.15) is 26.3 Å². The van der Waals surface area contributed by atoms with E-state index in [1.165, 1.54) is 5.56 Å². The summed E-state index contributed by atoms with van der Waals surface area (Å²) in [6.45, 7) is 13.5. The summed E-state index contributed by atoms with van der Waals surface area (Å²) in [4.78, 5) is 9.46. The molecule has 2 aliphatic rings. The third kappa shape index (κ3) is 3.30. The molecule has 2 fully saturated rings. The van der Waals surface area contributed by atoms with Gasteiger partial charge in [-0.25, -0.2) is 4.98 Å². The molecule has 0 saturated carbocycles. The Bertz CT molecular complexity index is 420. The van der Waals surface area contributed by atoms with Crippen LogP contribution in [0, 0.1) is 6.92 Å². The third-order valence-electron chi connectivity index (χ3n) is 3.99. The van der Waals surface area contributed by atoms with Gasteiger partial charge < -0.3 is 9.64 Å². The number of hydrogen-bond acceptors (Lipinski definition) is 4. The van der Waals surface area contributed by atoms with Crippen molar-refractivity contribution in [3.8, 4) is 0 Å². The predicted molar refractivity (Wildman–Crippen MR) is 83.3 cm³/mol. The highest BCUT2D eigenvalue weighted by Crippen LogP contribution is 2.21. The summed E-state index contributed by atoms with van der Waals surface area (Å²) in [5.41, 5.74) is 1.28. The van der Waals surface area contributed by atoms with Crippen molar-refractivity contribution in [3.63, 3.8) is 0 Å². The van der Waals surface area contributed by atoms with Gasteiger partial charge in [0.15, 0.2) is 0 Å². The van der Waals surface area contributed by atoms with E-state index in [2.05, 4.69) is 40.8 Å². The molecule has 1 aromatic rings. The number of anilines is 1. The van der Waals surface area contributed by atoms with Gasteiger partial charge in [-0.2, -0.15) is 0 Å². The monoisotopic (exact) mass is 277 g/mol. The van der Waals surface area contributed by atoms with E-state index in [0.29, 0.717) is 12.1 Å². The number of ether oxygens (including phenoxy) is 1. The molecule has 1 atom stereocenters. The summed E-state index contributed by atoms with van der Waals surface area (Å²) in [7, 11) is 0. The number of piperazine rings is 1. The van der Waals surface area contributed by atoms with E-state index >= 15 is 0 Å². The first-order valence-corrected chi connectivity index (χ1v) is 7.75. The summed E-state index contributed by atoms with van der Waals surface area (Å²) in [5, 5.41) is 0. The van der Waals surface area contributed by atoms with Crippen molar-refractivity contribution in [1.82, 2.24) is 9.88 Å². The van der Waals surface area contributed by atoms with Crippen molar-refractivity contribution >= 4 is 5.82 Å². The molecule has 1 aromatic heterocycles. The predicted octanol–water partition coefficient (Wildman–Crippen LogP) is 2.33. The first kappa shape index (κ1) is 15.3. The van der Waals surface area contributed by atoms with Gasteiger partial charge in [-0.15, -0.1) is 0 Å². The Kier molecular flexibility index (Phi) is 5.38. The van der Waals surface area contributed by atoms with Crippen LogP contribution in [0.2, 0.25) is 0 Å². The summed E-state index contributed by atoms with van der Waals surface area (Å²) in [6, 6.07) is 5.45. The topological polar surface area (TPSA) is 28.6 Å². The Morgan fingerprint density at radius 2 is 2.00 bits per heavy atom. The van der Waals surface area contributed by atoms with Crippen LogP contribution < -0.4 is 4.90 Å². The molecular weight excluding hydrogens is 250 g/mol. The zero-order valence-electron chi connectivity index (χ0n) is 13.2. The standard InChI is InChI=1S/C14H21N3O.C2H6/c1-11-3-4-15-14(7-11)16-5-6-17(12(2)8-16)13-9-18-10-13;1-2/h3-4,7,12-13H,5-6,8-10H2,1-2H3;1-2H3/t12-;/m0./s1. The van der Waals surface area contributed by atoms with Crippen molar-refractivity contribution in [2.75, 3.05) is 37.7 Å². The van der Waals surface area contributed by atoms with Gasteiger partial charge in [-0.3, -0.25) is 4.90 Å². The Morgan fingerprint density at radius 3 is 2.55 bits per heavy atom. The smallest absolute Gasteiger partial charge is 0.128 e. The van der Waals surface area contributed by atoms with Gasteiger partial charge in [0.25, 0.3) is 0 Å². The highest BCUT2D eigenvalue weighted by molar-refractivity contribution is 5.41. The van der Waals surface area contributed by atoms with E-state index in [-0.39, 0.29) is 0 Å². The van der Waals surface area contributed by atoms with Crippen LogP contribution in [-0.4, -0.2) is 54.8 Å². The molecule has 3 rings (SSSR count). The third-order valence-corrected chi connectivity index (χ3v) is 3.99. The van der Waals surface area contributed by atoms with Crippen molar-refractivity contribution in [1.29, 1.82) is 0 Å². The van der Waals surface area contributed by atoms with E-state index in [4.69, 9.17) is 4.74 Å². The first-order valence-electron chi connectivity index (χ1n) is 7.75. The number of nitrogens with zero attached hydrogens (tertiary/aromatic N) is 3. The first-order chi connectivity index (χ1) is 9.74. The van der Waals surface area contributed by atoms with E-state index < -0.39 is 0 Å². The Balaban J connectivity index is 0.000000704. The lowest BCUT2D eigenvalue weighted by Gasteiger charge is -2.46. The number of aromatic nitrogens is 1. The van der Waals surface area contributed by atoms with Crippen LogP contribution in [0.15, 0.2) is 18.3 Å². The second-order valence-electron chi connectivity index (χ2n) is 5.42. The zero-order chi connectivity index (χ0) is 14.5. The molecule has 2 aliphatic heterocycles. The molecule has 0 radical (unpaired) electrons. The van der Waals surface area contributed by atoms with E-state index in [9.17, 15) is 0 Å². The second kappa shape index (κ2) is 7.04. The van der Waals surface area contributed by atoms with Gasteiger partial charge in [0.05, 0.1) is 19.3 Å². The van der Waals surface area contributed by atoms with Gasteiger partial charge in [0, 0.05) is 31.9 Å². The molecule has 0 amide bonds. The lowest BCUT2D eigenvalue weighted by atomic mass is 10.1. The largest absolute Gasteiger partial charge is 0.378 e. The highest BCUT2D eigenvalue weighted by atomic mass is 16.5. The van der Waals surface area contributed by atoms with Crippen LogP contribution in [0.25, 0.3) is 0 Å². The van der Waals surface area contributed by atoms with E-state index in [0.717, 1.165) is 38.7 Å². The molecule has 0 N–H and O–H groups in total. The Hall–Kier alpha value is -1.13. The fourth-order valence-corrected chi connectivity index (χ4v) is 2.83. The fourth-order valence-electron chi connectivity index (χ4n) is 2.83. The van der Waals surface area contributed by atoms with Crippen LogP contribution in [-0.2, 0) is 4.74 Å². The quantitative estimate of drug-likeness (QED) is 0.829. The molecule has 0 aliphatic carbocycles. The summed E-state index contributed by atoms with van der Waals surface area (Å²) in [6.07, 6.45) is 1.90. The summed E-state index contributed by atoms with van der Waals surface area (Å²) >= 11 is 0.